The monoisotopic (exact) mass is 200 g/mol. The van der Waals surface area contributed by atoms with E-state index in [4.69, 9.17) is 4.74 Å². The molecule has 1 aliphatic rings. The third-order valence-electron chi connectivity index (χ3n) is 2.60. The first-order valence-corrected chi connectivity index (χ1v) is 5.88. The van der Waals surface area contributed by atoms with Gasteiger partial charge in [-0.1, -0.05) is 6.92 Å². The Kier molecular flexibility index (Phi) is 6.15. The molecule has 2 atom stereocenters. The molecule has 1 aliphatic heterocycles. The summed E-state index contributed by atoms with van der Waals surface area (Å²) in [6, 6.07) is 0.547. The highest BCUT2D eigenvalue weighted by molar-refractivity contribution is 4.71. The van der Waals surface area contributed by atoms with E-state index in [1.54, 1.807) is 0 Å². The molecule has 0 aromatic rings. The lowest BCUT2D eigenvalue weighted by atomic mass is 10.2. The molecule has 1 saturated heterocycles. The van der Waals surface area contributed by atoms with Crippen molar-refractivity contribution < 1.29 is 4.74 Å². The van der Waals surface area contributed by atoms with Gasteiger partial charge in [0, 0.05) is 25.7 Å². The Hall–Kier alpha value is -0.120. The van der Waals surface area contributed by atoms with Crippen molar-refractivity contribution in [1.29, 1.82) is 0 Å². The molecule has 14 heavy (non-hydrogen) atoms. The van der Waals surface area contributed by atoms with Gasteiger partial charge in [-0.2, -0.15) is 0 Å². The number of hydrogen-bond acceptors (Lipinski definition) is 3. The molecule has 3 heteroatoms. The lowest BCUT2D eigenvalue weighted by molar-refractivity contribution is 0.108. The van der Waals surface area contributed by atoms with Crippen LogP contribution < -0.4 is 10.6 Å². The lowest BCUT2D eigenvalue weighted by Gasteiger charge is -2.17. The molecule has 0 aliphatic carbocycles. The molecule has 84 valence electrons. The molecular formula is C11H24N2O. The number of nitrogens with one attached hydrogen (secondary N) is 2. The summed E-state index contributed by atoms with van der Waals surface area (Å²) in [5.74, 6) is 0. The third-order valence-corrected chi connectivity index (χ3v) is 2.60. The molecular weight excluding hydrogens is 176 g/mol. The highest BCUT2D eigenvalue weighted by Gasteiger charge is 2.15. The van der Waals surface area contributed by atoms with Gasteiger partial charge in [-0.3, -0.25) is 0 Å². The van der Waals surface area contributed by atoms with Crippen LogP contribution in [0.4, 0.5) is 0 Å². The maximum atomic E-state index is 5.55. The van der Waals surface area contributed by atoms with E-state index in [1.807, 2.05) is 0 Å². The maximum absolute atomic E-state index is 5.55. The molecule has 1 heterocycles. The Morgan fingerprint density at radius 3 is 3.00 bits per heavy atom. The van der Waals surface area contributed by atoms with Crippen molar-refractivity contribution in [1.82, 2.24) is 10.6 Å². The number of ether oxygens (including phenoxy) is 1. The number of rotatable bonds is 7. The smallest absolute Gasteiger partial charge is 0.0700 e. The lowest BCUT2D eigenvalue weighted by Crippen LogP contribution is -2.40. The second-order valence-electron chi connectivity index (χ2n) is 4.15. The van der Waals surface area contributed by atoms with Gasteiger partial charge in [0.2, 0.25) is 0 Å². The zero-order valence-electron chi connectivity index (χ0n) is 9.51. The molecule has 1 fully saturated rings. The van der Waals surface area contributed by atoms with Crippen molar-refractivity contribution in [2.45, 2.75) is 45.3 Å². The Labute approximate surface area is 87.6 Å². The van der Waals surface area contributed by atoms with Gasteiger partial charge in [-0.05, 0) is 32.7 Å². The van der Waals surface area contributed by atoms with Crippen LogP contribution in [0.5, 0.6) is 0 Å². The largest absolute Gasteiger partial charge is 0.377 e. The zero-order valence-corrected chi connectivity index (χ0v) is 9.51. The second-order valence-corrected chi connectivity index (χ2v) is 4.15. The number of hydrogen-bond donors (Lipinski definition) is 2. The quantitative estimate of drug-likeness (QED) is 0.605. The van der Waals surface area contributed by atoms with E-state index in [-0.39, 0.29) is 0 Å². The van der Waals surface area contributed by atoms with Crippen LogP contribution in [0.1, 0.15) is 33.1 Å². The summed E-state index contributed by atoms with van der Waals surface area (Å²) in [4.78, 5) is 0. The second kappa shape index (κ2) is 7.21. The average Bonchev–Trinajstić information content (AvgIpc) is 2.68. The Morgan fingerprint density at radius 1 is 1.50 bits per heavy atom. The fourth-order valence-corrected chi connectivity index (χ4v) is 1.71. The molecule has 3 nitrogen and oxygen atoms in total. The van der Waals surface area contributed by atoms with Crippen LogP contribution in [0.15, 0.2) is 0 Å². The topological polar surface area (TPSA) is 33.3 Å². The molecule has 1 rings (SSSR count). The van der Waals surface area contributed by atoms with Crippen molar-refractivity contribution in [3.63, 3.8) is 0 Å². The Morgan fingerprint density at radius 2 is 2.36 bits per heavy atom. The molecule has 0 radical (unpaired) electrons. The van der Waals surface area contributed by atoms with Crippen LogP contribution in [0.2, 0.25) is 0 Å². The minimum Gasteiger partial charge on any atom is -0.377 e. The van der Waals surface area contributed by atoms with Crippen molar-refractivity contribution in [3.8, 4) is 0 Å². The van der Waals surface area contributed by atoms with Crippen LogP contribution in [0.3, 0.4) is 0 Å². The van der Waals surface area contributed by atoms with Gasteiger partial charge in [0.25, 0.3) is 0 Å². The van der Waals surface area contributed by atoms with Crippen molar-refractivity contribution >= 4 is 0 Å². The summed E-state index contributed by atoms with van der Waals surface area (Å²) in [7, 11) is 0. The van der Waals surface area contributed by atoms with E-state index in [2.05, 4.69) is 24.5 Å². The van der Waals surface area contributed by atoms with Gasteiger partial charge in [-0.25, -0.2) is 0 Å². The fourth-order valence-electron chi connectivity index (χ4n) is 1.71. The highest BCUT2D eigenvalue weighted by atomic mass is 16.5. The van der Waals surface area contributed by atoms with Crippen LogP contribution in [0, 0.1) is 0 Å². The third kappa shape index (κ3) is 4.94. The summed E-state index contributed by atoms with van der Waals surface area (Å²) in [6.45, 7) is 8.55. The molecule has 0 saturated carbocycles. The van der Waals surface area contributed by atoms with Crippen molar-refractivity contribution in [2.75, 3.05) is 26.2 Å². The van der Waals surface area contributed by atoms with Gasteiger partial charge in [0.15, 0.2) is 0 Å². The molecule has 0 spiro atoms. The molecule has 2 N–H and O–H groups in total. The van der Waals surface area contributed by atoms with E-state index < -0.39 is 0 Å². The Balaban J connectivity index is 1.93. The van der Waals surface area contributed by atoms with Crippen LogP contribution in [-0.4, -0.2) is 38.4 Å². The highest BCUT2D eigenvalue weighted by Crippen LogP contribution is 2.10. The van der Waals surface area contributed by atoms with Gasteiger partial charge in [-0.15, -0.1) is 0 Å². The summed E-state index contributed by atoms with van der Waals surface area (Å²) in [5, 5.41) is 6.90. The molecule has 0 amide bonds. The van der Waals surface area contributed by atoms with Gasteiger partial charge < -0.3 is 15.4 Å². The van der Waals surface area contributed by atoms with Gasteiger partial charge in [0.05, 0.1) is 6.10 Å². The first kappa shape index (κ1) is 12.0. The summed E-state index contributed by atoms with van der Waals surface area (Å²) in [6.07, 6.45) is 4.12. The molecule has 0 aromatic heterocycles. The van der Waals surface area contributed by atoms with Crippen molar-refractivity contribution in [3.05, 3.63) is 0 Å². The van der Waals surface area contributed by atoms with Gasteiger partial charge >= 0.3 is 0 Å². The summed E-state index contributed by atoms with van der Waals surface area (Å²) in [5.41, 5.74) is 0. The van der Waals surface area contributed by atoms with E-state index in [1.165, 1.54) is 19.3 Å². The van der Waals surface area contributed by atoms with Crippen LogP contribution in [-0.2, 0) is 4.74 Å². The SMILES string of the molecule is CCCNCC(C)NCC1CCCO1. The molecule has 0 bridgehead atoms. The summed E-state index contributed by atoms with van der Waals surface area (Å²) < 4.78 is 5.55. The first-order valence-electron chi connectivity index (χ1n) is 5.88. The fraction of sp³-hybridized carbons (Fsp3) is 1.00. The van der Waals surface area contributed by atoms with E-state index in [0.717, 1.165) is 26.2 Å². The zero-order chi connectivity index (χ0) is 10.2. The minimum absolute atomic E-state index is 0.462. The van der Waals surface area contributed by atoms with Crippen LogP contribution in [0.25, 0.3) is 0 Å². The Bertz CT molecular complexity index is 135. The molecule has 2 unspecified atom stereocenters. The van der Waals surface area contributed by atoms with Gasteiger partial charge in [0.1, 0.15) is 0 Å². The van der Waals surface area contributed by atoms with E-state index in [0.29, 0.717) is 12.1 Å². The molecule has 0 aromatic carbocycles. The van der Waals surface area contributed by atoms with E-state index in [9.17, 15) is 0 Å². The average molecular weight is 200 g/mol. The normalized spacial score (nSPS) is 24.0. The predicted molar refractivity (Wildman–Crippen MR) is 59.6 cm³/mol. The summed E-state index contributed by atoms with van der Waals surface area (Å²) >= 11 is 0. The van der Waals surface area contributed by atoms with Crippen LogP contribution >= 0.6 is 0 Å². The first-order chi connectivity index (χ1) is 6.83. The minimum atomic E-state index is 0.462. The maximum Gasteiger partial charge on any atom is 0.0700 e. The standard InChI is InChI=1S/C11H24N2O/c1-3-6-12-8-10(2)13-9-11-5-4-7-14-11/h10-13H,3-9H2,1-2H3. The van der Waals surface area contributed by atoms with Crippen molar-refractivity contribution in [2.24, 2.45) is 0 Å². The van der Waals surface area contributed by atoms with E-state index >= 15 is 0 Å². The predicted octanol–water partition coefficient (Wildman–Crippen LogP) is 1.14.